The van der Waals surface area contributed by atoms with E-state index in [1.807, 2.05) is 24.7 Å². The van der Waals surface area contributed by atoms with Crippen LogP contribution in [0, 0.1) is 0 Å². The predicted molar refractivity (Wildman–Crippen MR) is 77.6 cm³/mol. The molecule has 0 aliphatic carbocycles. The topological polar surface area (TPSA) is 62.2 Å². The van der Waals surface area contributed by atoms with Crippen molar-refractivity contribution in [2.24, 2.45) is 4.99 Å². The van der Waals surface area contributed by atoms with Crippen molar-refractivity contribution in [1.82, 2.24) is 21.0 Å². The van der Waals surface area contributed by atoms with Crippen LogP contribution in [0.1, 0.15) is 11.1 Å². The van der Waals surface area contributed by atoms with Gasteiger partial charge in [0.15, 0.2) is 0 Å². The quantitative estimate of drug-likeness (QED) is 0.732. The van der Waals surface area contributed by atoms with E-state index in [9.17, 15) is 0 Å². The van der Waals surface area contributed by atoms with E-state index in [0.29, 0.717) is 0 Å². The van der Waals surface area contributed by atoms with Gasteiger partial charge in [-0.25, -0.2) is 0 Å². The monoisotopic (exact) mass is 251 g/mol. The summed E-state index contributed by atoms with van der Waals surface area (Å²) in [6.07, 6.45) is 11.0. The first-order chi connectivity index (χ1) is 9.36. The highest BCUT2D eigenvalue weighted by molar-refractivity contribution is 5.99. The molecule has 1 aromatic heterocycles. The van der Waals surface area contributed by atoms with E-state index < -0.39 is 0 Å². The van der Waals surface area contributed by atoms with Gasteiger partial charge in [0.05, 0.1) is 12.4 Å². The molecule has 0 saturated heterocycles. The zero-order chi connectivity index (χ0) is 13.2. The van der Waals surface area contributed by atoms with Crippen LogP contribution >= 0.6 is 0 Å². The van der Waals surface area contributed by atoms with Gasteiger partial charge < -0.3 is 10.9 Å². The van der Waals surface area contributed by atoms with Gasteiger partial charge in [-0.3, -0.25) is 4.99 Å². The van der Waals surface area contributed by atoms with Crippen molar-refractivity contribution in [1.29, 1.82) is 0 Å². The Morgan fingerprint density at radius 2 is 1.74 bits per heavy atom. The standard InChI is InChI=1S/C14H13N5/c1-3-9-10(4-15-2)12-6-17-19-8-14(12)13-7-18-16-5-11(9)13/h3-8,17,19H,1H2,2H3. The number of hydrogen-bond donors (Lipinski definition) is 2. The van der Waals surface area contributed by atoms with Crippen LogP contribution in [0.25, 0.3) is 29.2 Å². The van der Waals surface area contributed by atoms with Gasteiger partial charge in [0, 0.05) is 52.4 Å². The normalized spacial score (nSPS) is 13.1. The SMILES string of the molecule is C=Cc1c(C=NC)c2c(c3cnncc13)=CNNC=2. The minimum absolute atomic E-state index is 1.02. The van der Waals surface area contributed by atoms with Crippen LogP contribution in [0.5, 0.6) is 0 Å². The van der Waals surface area contributed by atoms with Crippen molar-refractivity contribution in [3.8, 4) is 0 Å². The third-order valence-corrected chi connectivity index (χ3v) is 3.16. The number of rotatable bonds is 2. The van der Waals surface area contributed by atoms with Crippen LogP contribution in [0.2, 0.25) is 0 Å². The molecule has 0 amide bonds. The highest BCUT2D eigenvalue weighted by Gasteiger charge is 2.10. The molecule has 2 N–H and O–H groups in total. The Morgan fingerprint density at radius 3 is 2.42 bits per heavy atom. The molecule has 2 heterocycles. The summed E-state index contributed by atoms with van der Waals surface area (Å²) in [5.74, 6) is 0. The Hall–Kier alpha value is -2.69. The minimum atomic E-state index is 1.02. The molecule has 94 valence electrons. The molecule has 0 saturated carbocycles. The van der Waals surface area contributed by atoms with Crippen molar-refractivity contribution in [2.45, 2.75) is 0 Å². The van der Waals surface area contributed by atoms with Gasteiger partial charge in [-0.05, 0) is 5.56 Å². The number of benzene rings is 1. The van der Waals surface area contributed by atoms with Gasteiger partial charge in [-0.2, -0.15) is 10.2 Å². The smallest absolute Gasteiger partial charge is 0.0581 e. The molecule has 3 rings (SSSR count). The maximum Gasteiger partial charge on any atom is 0.0581 e. The maximum absolute atomic E-state index is 4.14. The molecule has 0 bridgehead atoms. The number of aromatic nitrogens is 2. The summed E-state index contributed by atoms with van der Waals surface area (Å²) in [7, 11) is 1.76. The summed E-state index contributed by atoms with van der Waals surface area (Å²) in [4.78, 5) is 4.14. The van der Waals surface area contributed by atoms with Gasteiger partial charge in [0.1, 0.15) is 0 Å². The Bertz CT molecular complexity index is 805. The van der Waals surface area contributed by atoms with Crippen LogP contribution in [0.3, 0.4) is 0 Å². The van der Waals surface area contributed by atoms with E-state index in [-0.39, 0.29) is 0 Å². The number of fused-ring (bicyclic) bond motifs is 3. The first kappa shape index (κ1) is 11.4. The number of nitrogens with zero attached hydrogens (tertiary/aromatic N) is 3. The van der Waals surface area contributed by atoms with E-state index in [1.165, 1.54) is 0 Å². The molecule has 1 aliphatic rings. The fourth-order valence-corrected chi connectivity index (χ4v) is 2.36. The molecule has 0 radical (unpaired) electrons. The zero-order valence-corrected chi connectivity index (χ0v) is 10.5. The Kier molecular flexibility index (Phi) is 2.72. The lowest BCUT2D eigenvalue weighted by Gasteiger charge is -2.13. The Morgan fingerprint density at radius 1 is 1.05 bits per heavy atom. The zero-order valence-electron chi connectivity index (χ0n) is 10.5. The molecule has 5 nitrogen and oxygen atoms in total. The summed E-state index contributed by atoms with van der Waals surface area (Å²) in [6, 6.07) is 0. The number of hydrazine groups is 1. The second kappa shape index (κ2) is 4.53. The summed E-state index contributed by atoms with van der Waals surface area (Å²) in [6.45, 7) is 3.90. The lowest BCUT2D eigenvalue weighted by atomic mass is 9.97. The van der Waals surface area contributed by atoms with Crippen molar-refractivity contribution >= 4 is 35.5 Å². The molecular weight excluding hydrogens is 238 g/mol. The van der Waals surface area contributed by atoms with Crippen LogP contribution in [-0.2, 0) is 0 Å². The first-order valence-electron chi connectivity index (χ1n) is 5.89. The molecule has 0 fully saturated rings. The minimum Gasteiger partial charge on any atom is -0.308 e. The molecule has 5 heteroatoms. The number of hydrogen-bond acceptors (Lipinski definition) is 5. The Labute approximate surface area is 110 Å². The molecule has 2 aromatic rings. The molecule has 0 atom stereocenters. The van der Waals surface area contributed by atoms with Crippen molar-refractivity contribution in [3.63, 3.8) is 0 Å². The Balaban J connectivity index is 2.64. The highest BCUT2D eigenvalue weighted by Crippen LogP contribution is 2.16. The molecule has 1 aliphatic heterocycles. The third-order valence-electron chi connectivity index (χ3n) is 3.16. The van der Waals surface area contributed by atoms with E-state index in [0.717, 1.165) is 32.3 Å². The van der Waals surface area contributed by atoms with Crippen molar-refractivity contribution < 1.29 is 0 Å². The molecule has 1 aromatic carbocycles. The highest BCUT2D eigenvalue weighted by atomic mass is 15.3. The second-order valence-corrected chi connectivity index (χ2v) is 4.14. The van der Waals surface area contributed by atoms with Gasteiger partial charge >= 0.3 is 0 Å². The third kappa shape index (κ3) is 1.67. The fourth-order valence-electron chi connectivity index (χ4n) is 2.36. The lowest BCUT2D eigenvalue weighted by Crippen LogP contribution is -2.42. The summed E-state index contributed by atoms with van der Waals surface area (Å²) >= 11 is 0. The average molecular weight is 251 g/mol. The van der Waals surface area contributed by atoms with Crippen LogP contribution < -0.4 is 21.3 Å². The predicted octanol–water partition coefficient (Wildman–Crippen LogP) is -0.0947. The molecule has 19 heavy (non-hydrogen) atoms. The van der Waals surface area contributed by atoms with E-state index in [4.69, 9.17) is 0 Å². The molecule has 0 unspecified atom stereocenters. The summed E-state index contributed by atoms with van der Waals surface area (Å²) < 4.78 is 0. The summed E-state index contributed by atoms with van der Waals surface area (Å²) in [5, 5.41) is 12.1. The number of nitrogens with one attached hydrogen (secondary N) is 2. The average Bonchev–Trinajstić information content (AvgIpc) is 2.48. The molecular formula is C14H13N5. The lowest BCUT2D eigenvalue weighted by molar-refractivity contribution is 0.845. The van der Waals surface area contributed by atoms with Gasteiger partial charge in [-0.1, -0.05) is 12.7 Å². The number of aliphatic imine (C=N–C) groups is 1. The molecule has 0 spiro atoms. The van der Waals surface area contributed by atoms with Crippen LogP contribution in [-0.4, -0.2) is 23.5 Å². The maximum atomic E-state index is 4.14. The van der Waals surface area contributed by atoms with Crippen molar-refractivity contribution in [2.75, 3.05) is 7.05 Å². The van der Waals surface area contributed by atoms with Crippen LogP contribution in [0.15, 0.2) is 24.0 Å². The fraction of sp³-hybridized carbons (Fsp3) is 0.0714. The largest absolute Gasteiger partial charge is 0.308 e. The van der Waals surface area contributed by atoms with Gasteiger partial charge in [-0.15, -0.1) is 0 Å². The van der Waals surface area contributed by atoms with Gasteiger partial charge in [0.2, 0.25) is 0 Å². The van der Waals surface area contributed by atoms with Crippen LogP contribution in [0.4, 0.5) is 0 Å². The van der Waals surface area contributed by atoms with Gasteiger partial charge in [0.25, 0.3) is 0 Å². The van der Waals surface area contributed by atoms with E-state index in [1.54, 1.807) is 19.4 Å². The van der Waals surface area contributed by atoms with E-state index >= 15 is 0 Å². The van der Waals surface area contributed by atoms with E-state index in [2.05, 4.69) is 32.6 Å². The summed E-state index contributed by atoms with van der Waals surface area (Å²) in [5.41, 5.74) is 8.03. The van der Waals surface area contributed by atoms with Crippen molar-refractivity contribution in [3.05, 3.63) is 40.5 Å². The second-order valence-electron chi connectivity index (χ2n) is 4.14. The first-order valence-corrected chi connectivity index (χ1v) is 5.89.